The van der Waals surface area contributed by atoms with Crippen LogP contribution in [0.25, 0.3) is 22.0 Å². The Labute approximate surface area is 161 Å². The summed E-state index contributed by atoms with van der Waals surface area (Å²) in [7, 11) is 0. The van der Waals surface area contributed by atoms with Gasteiger partial charge in [-0.3, -0.25) is 9.89 Å². The van der Waals surface area contributed by atoms with Crippen LogP contribution in [0, 0.1) is 0 Å². The van der Waals surface area contributed by atoms with Gasteiger partial charge in [0.2, 0.25) is 0 Å². The highest BCUT2D eigenvalue weighted by Crippen LogP contribution is 2.26. The molecule has 2 amide bonds. The highest BCUT2D eigenvalue weighted by atomic mass is 16.6. The third-order valence-corrected chi connectivity index (χ3v) is 4.77. The topological polar surface area (TPSA) is 113 Å². The fourth-order valence-electron chi connectivity index (χ4n) is 3.26. The monoisotopic (exact) mass is 379 g/mol. The zero-order valence-electron chi connectivity index (χ0n) is 15.3. The van der Waals surface area contributed by atoms with E-state index in [1.165, 1.54) is 0 Å². The minimum absolute atomic E-state index is 0.184. The van der Waals surface area contributed by atoms with Crippen LogP contribution in [0.5, 0.6) is 0 Å². The van der Waals surface area contributed by atoms with Crippen molar-refractivity contribution in [3.8, 4) is 11.1 Å². The number of rotatable bonds is 5. The SMILES string of the molecule is Nc1n[nH]c2ccc(-c3cccc(C(=O)NCCN4CCCOC4=O)c3)cc12. The second-order valence-electron chi connectivity index (χ2n) is 6.66. The highest BCUT2D eigenvalue weighted by molar-refractivity contribution is 5.96. The van der Waals surface area contributed by atoms with Crippen LogP contribution < -0.4 is 11.1 Å². The van der Waals surface area contributed by atoms with Gasteiger partial charge in [-0.05, 0) is 41.8 Å². The highest BCUT2D eigenvalue weighted by Gasteiger charge is 2.19. The molecule has 0 bridgehead atoms. The number of carbonyl (C=O) groups excluding carboxylic acids is 2. The van der Waals surface area contributed by atoms with E-state index in [2.05, 4.69) is 15.5 Å². The maximum atomic E-state index is 12.5. The van der Waals surface area contributed by atoms with E-state index in [9.17, 15) is 9.59 Å². The van der Waals surface area contributed by atoms with Gasteiger partial charge >= 0.3 is 6.09 Å². The molecule has 0 saturated carbocycles. The fraction of sp³-hybridized carbons (Fsp3) is 0.250. The zero-order chi connectivity index (χ0) is 19.5. The number of aromatic amines is 1. The molecule has 1 aliphatic rings. The van der Waals surface area contributed by atoms with E-state index in [0.717, 1.165) is 28.5 Å². The normalized spacial score (nSPS) is 14.1. The van der Waals surface area contributed by atoms with Crippen molar-refractivity contribution in [2.45, 2.75) is 6.42 Å². The first-order chi connectivity index (χ1) is 13.6. The quantitative estimate of drug-likeness (QED) is 0.630. The largest absolute Gasteiger partial charge is 0.449 e. The first kappa shape index (κ1) is 17.8. The summed E-state index contributed by atoms with van der Waals surface area (Å²) in [4.78, 5) is 25.7. The number of benzene rings is 2. The van der Waals surface area contributed by atoms with Crippen molar-refractivity contribution >= 4 is 28.7 Å². The number of aromatic nitrogens is 2. The van der Waals surface area contributed by atoms with Crippen LogP contribution >= 0.6 is 0 Å². The predicted molar refractivity (Wildman–Crippen MR) is 106 cm³/mol. The number of nitrogens with two attached hydrogens (primary N) is 1. The van der Waals surface area contributed by atoms with Crippen molar-refractivity contribution < 1.29 is 14.3 Å². The summed E-state index contributed by atoms with van der Waals surface area (Å²) in [5, 5.41) is 10.6. The molecule has 0 unspecified atom stereocenters. The number of nitrogen functional groups attached to an aromatic ring is 1. The third-order valence-electron chi connectivity index (χ3n) is 4.77. The van der Waals surface area contributed by atoms with Gasteiger partial charge in [-0.25, -0.2) is 4.79 Å². The lowest BCUT2D eigenvalue weighted by Crippen LogP contribution is -2.42. The van der Waals surface area contributed by atoms with Gasteiger partial charge in [0.25, 0.3) is 5.91 Å². The van der Waals surface area contributed by atoms with E-state index in [1.807, 2.05) is 36.4 Å². The summed E-state index contributed by atoms with van der Waals surface area (Å²) in [5.74, 6) is 0.262. The minimum atomic E-state index is -0.323. The van der Waals surface area contributed by atoms with Gasteiger partial charge in [-0.1, -0.05) is 18.2 Å². The standard InChI is InChI=1S/C20H21N5O3/c21-18-16-12-14(5-6-17(16)23-24-18)13-3-1-4-15(11-13)19(26)22-7-9-25-8-2-10-28-20(25)27/h1,3-6,11-12H,2,7-10H2,(H,22,26)(H3,21,23,24). The van der Waals surface area contributed by atoms with Crippen LogP contribution in [0.3, 0.4) is 0 Å². The zero-order valence-corrected chi connectivity index (χ0v) is 15.3. The first-order valence-electron chi connectivity index (χ1n) is 9.16. The summed E-state index contributed by atoms with van der Waals surface area (Å²) < 4.78 is 4.99. The number of amides is 2. The molecule has 0 radical (unpaired) electrons. The van der Waals surface area contributed by atoms with Gasteiger partial charge in [-0.2, -0.15) is 5.10 Å². The molecule has 1 saturated heterocycles. The van der Waals surface area contributed by atoms with Crippen LogP contribution in [0.4, 0.5) is 10.6 Å². The Morgan fingerprint density at radius 2 is 2.11 bits per heavy atom. The number of hydrogen-bond acceptors (Lipinski definition) is 5. The number of nitrogens with zero attached hydrogens (tertiary/aromatic N) is 2. The van der Waals surface area contributed by atoms with E-state index in [0.29, 0.717) is 37.6 Å². The first-order valence-corrected chi connectivity index (χ1v) is 9.16. The summed E-state index contributed by atoms with van der Waals surface area (Å²) in [5.41, 5.74) is 9.17. The number of cyclic esters (lactones) is 1. The lowest BCUT2D eigenvalue weighted by Gasteiger charge is -2.26. The van der Waals surface area contributed by atoms with E-state index in [4.69, 9.17) is 10.5 Å². The second kappa shape index (κ2) is 7.59. The number of anilines is 1. The van der Waals surface area contributed by atoms with Gasteiger partial charge in [0.15, 0.2) is 5.82 Å². The predicted octanol–water partition coefficient (Wildman–Crippen LogP) is 2.38. The molecule has 1 fully saturated rings. The maximum absolute atomic E-state index is 12.5. The molecule has 144 valence electrons. The van der Waals surface area contributed by atoms with E-state index >= 15 is 0 Å². The summed E-state index contributed by atoms with van der Waals surface area (Å²) in [6.45, 7) is 1.92. The summed E-state index contributed by atoms with van der Waals surface area (Å²) in [6.07, 6.45) is 0.490. The molecule has 2 aromatic carbocycles. The average Bonchev–Trinajstić information content (AvgIpc) is 3.10. The van der Waals surface area contributed by atoms with Crippen LogP contribution in [-0.4, -0.2) is 53.3 Å². The number of H-pyrrole nitrogens is 1. The van der Waals surface area contributed by atoms with Crippen molar-refractivity contribution in [3.05, 3.63) is 48.0 Å². The molecule has 4 rings (SSSR count). The molecule has 1 aromatic heterocycles. The Bertz CT molecular complexity index is 1030. The van der Waals surface area contributed by atoms with Crippen molar-refractivity contribution in [3.63, 3.8) is 0 Å². The van der Waals surface area contributed by atoms with Gasteiger partial charge in [-0.15, -0.1) is 0 Å². The van der Waals surface area contributed by atoms with Gasteiger partial charge in [0.05, 0.1) is 12.1 Å². The van der Waals surface area contributed by atoms with E-state index < -0.39 is 0 Å². The van der Waals surface area contributed by atoms with Crippen molar-refractivity contribution in [2.75, 3.05) is 32.0 Å². The smallest absolute Gasteiger partial charge is 0.409 e. The van der Waals surface area contributed by atoms with Crippen molar-refractivity contribution in [1.29, 1.82) is 0 Å². The Kier molecular flexibility index (Phi) is 4.84. The van der Waals surface area contributed by atoms with Gasteiger partial charge < -0.3 is 20.7 Å². The lowest BCUT2D eigenvalue weighted by molar-refractivity contribution is 0.0719. The number of carbonyl (C=O) groups is 2. The Balaban J connectivity index is 1.44. The molecule has 3 aromatic rings. The maximum Gasteiger partial charge on any atom is 0.409 e. The molecule has 28 heavy (non-hydrogen) atoms. The van der Waals surface area contributed by atoms with Crippen LogP contribution in [0.2, 0.25) is 0 Å². The molecule has 0 atom stereocenters. The minimum Gasteiger partial charge on any atom is -0.449 e. The number of hydrogen-bond donors (Lipinski definition) is 3. The number of ether oxygens (including phenoxy) is 1. The summed E-state index contributed by atoms with van der Waals surface area (Å²) >= 11 is 0. The Hall–Kier alpha value is -3.55. The number of fused-ring (bicyclic) bond motifs is 1. The average molecular weight is 379 g/mol. The Morgan fingerprint density at radius 3 is 2.96 bits per heavy atom. The molecule has 0 aliphatic carbocycles. The van der Waals surface area contributed by atoms with Crippen LogP contribution in [-0.2, 0) is 4.74 Å². The molecule has 4 N–H and O–H groups in total. The van der Waals surface area contributed by atoms with E-state index in [-0.39, 0.29) is 12.0 Å². The lowest BCUT2D eigenvalue weighted by atomic mass is 10.0. The molecular formula is C20H21N5O3. The molecule has 8 nitrogen and oxygen atoms in total. The van der Waals surface area contributed by atoms with Gasteiger partial charge in [0, 0.05) is 30.6 Å². The van der Waals surface area contributed by atoms with Crippen molar-refractivity contribution in [1.82, 2.24) is 20.4 Å². The second-order valence-corrected chi connectivity index (χ2v) is 6.66. The molecule has 0 spiro atoms. The van der Waals surface area contributed by atoms with Gasteiger partial charge in [0.1, 0.15) is 0 Å². The van der Waals surface area contributed by atoms with Crippen LogP contribution in [0.15, 0.2) is 42.5 Å². The summed E-state index contributed by atoms with van der Waals surface area (Å²) in [6, 6.07) is 13.2. The molecule has 2 heterocycles. The van der Waals surface area contributed by atoms with Crippen molar-refractivity contribution in [2.24, 2.45) is 0 Å². The third kappa shape index (κ3) is 3.62. The van der Waals surface area contributed by atoms with Crippen LogP contribution in [0.1, 0.15) is 16.8 Å². The Morgan fingerprint density at radius 1 is 1.25 bits per heavy atom. The fourth-order valence-corrected chi connectivity index (χ4v) is 3.26. The molecular weight excluding hydrogens is 358 g/mol. The van der Waals surface area contributed by atoms with E-state index in [1.54, 1.807) is 11.0 Å². The molecule has 1 aliphatic heterocycles. The number of nitrogens with one attached hydrogen (secondary N) is 2. The molecule has 8 heteroatoms.